The minimum absolute atomic E-state index is 0.0892. The summed E-state index contributed by atoms with van der Waals surface area (Å²) in [5.41, 5.74) is 1.37. The van der Waals surface area contributed by atoms with E-state index < -0.39 is 0 Å². The summed E-state index contributed by atoms with van der Waals surface area (Å²) in [7, 11) is 0. The standard InChI is InChI=1S/C13H15BrO3S/c1-3-17-13(16)9-4-5-12(18-2)10(6-9)7-11(15)8-14/h4-6H,3,7-8H2,1-2H3. The molecule has 0 radical (unpaired) electrons. The molecule has 0 unspecified atom stereocenters. The SMILES string of the molecule is CCOC(=O)c1ccc(SC)c(CC(=O)CBr)c1. The van der Waals surface area contributed by atoms with E-state index in [1.54, 1.807) is 30.8 Å². The molecule has 1 aromatic rings. The number of halogens is 1. The van der Waals surface area contributed by atoms with Crippen LogP contribution in [0.3, 0.4) is 0 Å². The second kappa shape index (κ2) is 7.59. The molecule has 3 nitrogen and oxygen atoms in total. The fraction of sp³-hybridized carbons (Fsp3) is 0.385. The van der Waals surface area contributed by atoms with Gasteiger partial charge in [0.25, 0.3) is 0 Å². The van der Waals surface area contributed by atoms with E-state index in [0.717, 1.165) is 10.5 Å². The second-order valence-corrected chi connectivity index (χ2v) is 5.00. The average molecular weight is 331 g/mol. The van der Waals surface area contributed by atoms with Gasteiger partial charge in [-0.2, -0.15) is 0 Å². The highest BCUT2D eigenvalue weighted by Gasteiger charge is 2.12. The number of Topliss-reactive ketones (excluding diaryl/α,β-unsaturated/α-hetero) is 1. The Hall–Kier alpha value is -0.810. The minimum Gasteiger partial charge on any atom is -0.462 e. The number of esters is 1. The van der Waals surface area contributed by atoms with Crippen molar-refractivity contribution in [2.45, 2.75) is 18.2 Å². The Bertz CT molecular complexity index is 446. The van der Waals surface area contributed by atoms with E-state index in [4.69, 9.17) is 4.74 Å². The highest BCUT2D eigenvalue weighted by atomic mass is 79.9. The van der Waals surface area contributed by atoms with Crippen molar-refractivity contribution in [3.8, 4) is 0 Å². The topological polar surface area (TPSA) is 43.4 Å². The summed E-state index contributed by atoms with van der Waals surface area (Å²) < 4.78 is 4.95. The van der Waals surface area contributed by atoms with Crippen LogP contribution < -0.4 is 0 Å². The smallest absolute Gasteiger partial charge is 0.338 e. The summed E-state index contributed by atoms with van der Waals surface area (Å²) in [6.07, 6.45) is 2.27. The van der Waals surface area contributed by atoms with E-state index in [2.05, 4.69) is 15.9 Å². The Morgan fingerprint density at radius 2 is 2.11 bits per heavy atom. The first-order chi connectivity index (χ1) is 8.62. The third kappa shape index (κ3) is 4.14. The molecule has 1 rings (SSSR count). The van der Waals surface area contributed by atoms with Crippen molar-refractivity contribution in [1.82, 2.24) is 0 Å². The van der Waals surface area contributed by atoms with Gasteiger partial charge in [-0.1, -0.05) is 15.9 Å². The number of carbonyl (C=O) groups excluding carboxylic acids is 2. The van der Waals surface area contributed by atoms with Crippen molar-refractivity contribution in [3.05, 3.63) is 29.3 Å². The maximum atomic E-state index is 11.6. The van der Waals surface area contributed by atoms with Gasteiger partial charge in [-0.05, 0) is 36.9 Å². The quantitative estimate of drug-likeness (QED) is 0.456. The largest absolute Gasteiger partial charge is 0.462 e. The third-order valence-corrected chi connectivity index (χ3v) is 3.79. The Morgan fingerprint density at radius 3 is 2.67 bits per heavy atom. The van der Waals surface area contributed by atoms with Gasteiger partial charge in [-0.15, -0.1) is 11.8 Å². The molecule has 0 amide bonds. The molecule has 0 fully saturated rings. The van der Waals surface area contributed by atoms with Crippen molar-refractivity contribution in [1.29, 1.82) is 0 Å². The molecule has 0 aliphatic carbocycles. The van der Waals surface area contributed by atoms with Crippen molar-refractivity contribution in [2.24, 2.45) is 0 Å². The monoisotopic (exact) mass is 330 g/mol. The van der Waals surface area contributed by atoms with Crippen LogP contribution in [-0.4, -0.2) is 29.9 Å². The van der Waals surface area contributed by atoms with Crippen LogP contribution in [0.4, 0.5) is 0 Å². The van der Waals surface area contributed by atoms with Crippen molar-refractivity contribution >= 4 is 39.4 Å². The number of hydrogen-bond acceptors (Lipinski definition) is 4. The van der Waals surface area contributed by atoms with Crippen LogP contribution >= 0.6 is 27.7 Å². The summed E-state index contributed by atoms with van der Waals surface area (Å²) in [6, 6.07) is 5.32. The van der Waals surface area contributed by atoms with Gasteiger partial charge in [0.15, 0.2) is 0 Å². The van der Waals surface area contributed by atoms with E-state index in [1.165, 1.54) is 0 Å². The number of alkyl halides is 1. The number of hydrogen-bond donors (Lipinski definition) is 0. The number of rotatable bonds is 6. The number of thioether (sulfide) groups is 1. The summed E-state index contributed by atoms with van der Waals surface area (Å²) in [4.78, 5) is 24.1. The van der Waals surface area contributed by atoms with Gasteiger partial charge < -0.3 is 4.74 Å². The van der Waals surface area contributed by atoms with E-state index in [9.17, 15) is 9.59 Å². The van der Waals surface area contributed by atoms with Crippen LogP contribution in [0.15, 0.2) is 23.1 Å². The summed E-state index contributed by atoms with van der Waals surface area (Å²) in [5.74, 6) is -0.260. The highest BCUT2D eigenvalue weighted by molar-refractivity contribution is 9.09. The van der Waals surface area contributed by atoms with Gasteiger partial charge in [0.1, 0.15) is 5.78 Å². The maximum absolute atomic E-state index is 11.6. The summed E-state index contributed by atoms with van der Waals surface area (Å²) in [5, 5.41) is 0.324. The first kappa shape index (κ1) is 15.2. The number of ether oxygens (including phenoxy) is 1. The van der Waals surface area contributed by atoms with Gasteiger partial charge in [0, 0.05) is 11.3 Å². The van der Waals surface area contributed by atoms with E-state index in [0.29, 0.717) is 23.9 Å². The van der Waals surface area contributed by atoms with Crippen LogP contribution in [-0.2, 0) is 16.0 Å². The first-order valence-corrected chi connectivity index (χ1v) is 7.88. The first-order valence-electron chi connectivity index (χ1n) is 5.54. The van der Waals surface area contributed by atoms with Gasteiger partial charge in [-0.25, -0.2) is 4.79 Å². The fourth-order valence-electron chi connectivity index (χ4n) is 1.52. The van der Waals surface area contributed by atoms with Crippen LogP contribution in [0.1, 0.15) is 22.8 Å². The molecule has 1 aromatic carbocycles. The summed E-state index contributed by atoms with van der Waals surface area (Å²) >= 11 is 4.71. The lowest BCUT2D eigenvalue weighted by atomic mass is 10.1. The van der Waals surface area contributed by atoms with Gasteiger partial charge in [-0.3, -0.25) is 4.79 Å². The number of carbonyl (C=O) groups is 2. The van der Waals surface area contributed by atoms with Crippen molar-refractivity contribution in [2.75, 3.05) is 18.2 Å². The fourth-order valence-corrected chi connectivity index (χ4v) is 2.31. The predicted octanol–water partition coefficient (Wildman–Crippen LogP) is 3.09. The normalized spacial score (nSPS) is 10.2. The molecule has 0 aliphatic rings. The molecule has 5 heteroatoms. The Kier molecular flexibility index (Phi) is 6.43. The molecule has 0 saturated carbocycles. The molecular weight excluding hydrogens is 316 g/mol. The predicted molar refractivity (Wildman–Crippen MR) is 76.7 cm³/mol. The third-order valence-electron chi connectivity index (χ3n) is 2.33. The lowest BCUT2D eigenvalue weighted by Crippen LogP contribution is -2.08. The van der Waals surface area contributed by atoms with Gasteiger partial charge in [0.2, 0.25) is 0 Å². The maximum Gasteiger partial charge on any atom is 0.338 e. The second-order valence-electron chi connectivity index (χ2n) is 3.60. The Labute approximate surface area is 119 Å². The Morgan fingerprint density at radius 1 is 1.39 bits per heavy atom. The molecule has 18 heavy (non-hydrogen) atoms. The van der Waals surface area contributed by atoms with E-state index >= 15 is 0 Å². The van der Waals surface area contributed by atoms with Crippen LogP contribution in [0, 0.1) is 0 Å². The van der Waals surface area contributed by atoms with E-state index in [1.807, 2.05) is 12.3 Å². The molecule has 0 aliphatic heterocycles. The Balaban J connectivity index is 3.01. The zero-order valence-electron chi connectivity index (χ0n) is 10.4. The molecule has 0 aromatic heterocycles. The average Bonchev–Trinajstić information content (AvgIpc) is 2.38. The molecular formula is C13H15BrO3S. The van der Waals surface area contributed by atoms with Gasteiger partial charge in [0.05, 0.1) is 17.5 Å². The van der Waals surface area contributed by atoms with Crippen LogP contribution in [0.5, 0.6) is 0 Å². The zero-order valence-corrected chi connectivity index (χ0v) is 12.8. The number of ketones is 1. The van der Waals surface area contributed by atoms with Gasteiger partial charge >= 0.3 is 5.97 Å². The molecule has 0 atom stereocenters. The van der Waals surface area contributed by atoms with Crippen LogP contribution in [0.25, 0.3) is 0 Å². The zero-order chi connectivity index (χ0) is 13.5. The lowest BCUT2D eigenvalue weighted by molar-refractivity contribution is -0.115. The molecule has 98 valence electrons. The molecule has 0 spiro atoms. The van der Waals surface area contributed by atoms with Crippen LogP contribution in [0.2, 0.25) is 0 Å². The number of benzene rings is 1. The summed E-state index contributed by atoms with van der Waals surface area (Å²) in [6.45, 7) is 2.11. The molecule has 0 saturated heterocycles. The highest BCUT2D eigenvalue weighted by Crippen LogP contribution is 2.23. The lowest BCUT2D eigenvalue weighted by Gasteiger charge is -2.08. The van der Waals surface area contributed by atoms with E-state index in [-0.39, 0.29) is 11.8 Å². The molecule has 0 bridgehead atoms. The molecule has 0 N–H and O–H groups in total. The minimum atomic E-state index is -0.349. The molecule has 0 heterocycles. The van der Waals surface area contributed by atoms with Crippen molar-refractivity contribution in [3.63, 3.8) is 0 Å². The van der Waals surface area contributed by atoms with Crippen molar-refractivity contribution < 1.29 is 14.3 Å².